The van der Waals surface area contributed by atoms with Crippen molar-refractivity contribution in [3.8, 4) is 0 Å². The summed E-state index contributed by atoms with van der Waals surface area (Å²) in [6.45, 7) is 3.61. The van der Waals surface area contributed by atoms with Crippen LogP contribution < -0.4 is 5.56 Å². The first-order chi connectivity index (χ1) is 10.2. The predicted octanol–water partition coefficient (Wildman–Crippen LogP) is 0.321. The zero-order valence-electron chi connectivity index (χ0n) is 11.5. The van der Waals surface area contributed by atoms with Crippen LogP contribution in [0.2, 0.25) is 0 Å². The Balaban J connectivity index is 1.56. The van der Waals surface area contributed by atoms with Crippen LogP contribution in [0.3, 0.4) is 0 Å². The maximum absolute atomic E-state index is 12.2. The van der Waals surface area contributed by atoms with Crippen LogP contribution in [0.4, 0.5) is 0 Å². The van der Waals surface area contributed by atoms with Crippen LogP contribution in [0, 0.1) is 0 Å². The zero-order chi connectivity index (χ0) is 14.7. The molecule has 2 aromatic rings. The molecule has 1 aliphatic heterocycles. The average Bonchev–Trinajstić information content (AvgIpc) is 3.01. The molecule has 1 saturated heterocycles. The summed E-state index contributed by atoms with van der Waals surface area (Å²) in [7, 11) is 0. The summed E-state index contributed by atoms with van der Waals surface area (Å²) in [6, 6.07) is 6.59. The third-order valence-corrected chi connectivity index (χ3v) is 3.52. The highest BCUT2D eigenvalue weighted by atomic mass is 16.3. The van der Waals surface area contributed by atoms with Gasteiger partial charge < -0.3 is 9.32 Å². The van der Waals surface area contributed by atoms with Crippen molar-refractivity contribution in [3.63, 3.8) is 0 Å². The van der Waals surface area contributed by atoms with E-state index in [4.69, 9.17) is 4.42 Å². The summed E-state index contributed by atoms with van der Waals surface area (Å²) < 4.78 is 5.33. The molecule has 0 spiro atoms. The van der Waals surface area contributed by atoms with Crippen molar-refractivity contribution in [1.82, 2.24) is 20.0 Å². The molecule has 7 heteroatoms. The molecule has 0 unspecified atom stereocenters. The Morgan fingerprint density at radius 3 is 2.67 bits per heavy atom. The molecule has 110 valence electrons. The van der Waals surface area contributed by atoms with Crippen LogP contribution in [-0.2, 0) is 6.54 Å². The number of piperazine rings is 1. The minimum Gasteiger partial charge on any atom is -0.468 e. The third kappa shape index (κ3) is 3.19. The number of hydrogen-bond donors (Lipinski definition) is 1. The van der Waals surface area contributed by atoms with Crippen LogP contribution in [0.15, 0.2) is 39.7 Å². The number of rotatable bonds is 3. The molecule has 0 atom stereocenters. The summed E-state index contributed by atoms with van der Waals surface area (Å²) in [5.74, 6) is 0.779. The first-order valence-corrected chi connectivity index (χ1v) is 6.82. The summed E-state index contributed by atoms with van der Waals surface area (Å²) >= 11 is 0. The fourth-order valence-corrected chi connectivity index (χ4v) is 2.36. The molecule has 0 saturated carbocycles. The Kier molecular flexibility index (Phi) is 3.83. The van der Waals surface area contributed by atoms with E-state index in [9.17, 15) is 9.59 Å². The monoisotopic (exact) mass is 288 g/mol. The first kappa shape index (κ1) is 13.6. The molecular formula is C14H16N4O3. The molecule has 1 fully saturated rings. The number of carbonyl (C=O) groups is 1. The summed E-state index contributed by atoms with van der Waals surface area (Å²) in [5.41, 5.74) is -0.0381. The third-order valence-electron chi connectivity index (χ3n) is 3.52. The van der Waals surface area contributed by atoms with Gasteiger partial charge in [-0.3, -0.25) is 14.5 Å². The van der Waals surface area contributed by atoms with E-state index in [2.05, 4.69) is 15.1 Å². The highest BCUT2D eigenvalue weighted by Gasteiger charge is 2.23. The molecule has 1 aliphatic rings. The van der Waals surface area contributed by atoms with Gasteiger partial charge in [-0.1, -0.05) is 0 Å². The maximum Gasteiger partial charge on any atom is 0.274 e. The minimum absolute atomic E-state index is 0.149. The van der Waals surface area contributed by atoms with E-state index in [0.29, 0.717) is 13.1 Å². The Morgan fingerprint density at radius 2 is 2.05 bits per heavy atom. The van der Waals surface area contributed by atoms with Crippen molar-refractivity contribution in [1.29, 1.82) is 0 Å². The van der Waals surface area contributed by atoms with Crippen molar-refractivity contribution >= 4 is 5.91 Å². The van der Waals surface area contributed by atoms with Gasteiger partial charge in [-0.05, 0) is 18.2 Å². The molecule has 0 aliphatic carbocycles. The fraction of sp³-hybridized carbons (Fsp3) is 0.357. The number of hydrogen-bond acceptors (Lipinski definition) is 5. The molecule has 0 bridgehead atoms. The minimum atomic E-state index is -0.310. The Morgan fingerprint density at radius 1 is 1.24 bits per heavy atom. The van der Waals surface area contributed by atoms with Crippen molar-refractivity contribution in [2.45, 2.75) is 6.54 Å². The topological polar surface area (TPSA) is 82.4 Å². The van der Waals surface area contributed by atoms with E-state index in [1.54, 1.807) is 11.2 Å². The van der Waals surface area contributed by atoms with Crippen LogP contribution in [-0.4, -0.2) is 52.1 Å². The largest absolute Gasteiger partial charge is 0.468 e. The highest BCUT2D eigenvalue weighted by Crippen LogP contribution is 2.10. The lowest BCUT2D eigenvalue weighted by molar-refractivity contribution is 0.0613. The van der Waals surface area contributed by atoms with Gasteiger partial charge in [-0.2, -0.15) is 5.10 Å². The summed E-state index contributed by atoms with van der Waals surface area (Å²) in [6.07, 6.45) is 1.66. The van der Waals surface area contributed by atoms with E-state index in [1.165, 1.54) is 12.1 Å². The van der Waals surface area contributed by atoms with Crippen molar-refractivity contribution < 1.29 is 9.21 Å². The van der Waals surface area contributed by atoms with Gasteiger partial charge in [-0.25, -0.2) is 5.10 Å². The van der Waals surface area contributed by atoms with Gasteiger partial charge in [-0.15, -0.1) is 0 Å². The number of nitrogens with one attached hydrogen (secondary N) is 1. The molecule has 2 aromatic heterocycles. The molecule has 7 nitrogen and oxygen atoms in total. The quantitative estimate of drug-likeness (QED) is 0.879. The number of aromatic nitrogens is 2. The van der Waals surface area contributed by atoms with Gasteiger partial charge in [0.2, 0.25) is 0 Å². The standard InChI is InChI=1S/C14H16N4O3/c19-13-4-3-12(15-16-13)14(20)18-7-5-17(6-8-18)10-11-2-1-9-21-11/h1-4,9H,5-8,10H2,(H,16,19). The zero-order valence-corrected chi connectivity index (χ0v) is 11.5. The smallest absolute Gasteiger partial charge is 0.274 e. The molecule has 3 rings (SSSR count). The van der Waals surface area contributed by atoms with E-state index in [-0.39, 0.29) is 17.2 Å². The molecule has 1 N–H and O–H groups in total. The Labute approximate surface area is 121 Å². The molecule has 0 aromatic carbocycles. The van der Waals surface area contributed by atoms with Gasteiger partial charge in [0.1, 0.15) is 11.5 Å². The molecular weight excluding hydrogens is 272 g/mol. The van der Waals surface area contributed by atoms with Crippen molar-refractivity contribution in [2.24, 2.45) is 0 Å². The lowest BCUT2D eigenvalue weighted by Gasteiger charge is -2.34. The SMILES string of the molecule is O=C(c1ccc(=O)[nH]n1)N1CCN(Cc2ccco2)CC1. The van der Waals surface area contributed by atoms with Gasteiger partial charge >= 0.3 is 0 Å². The molecule has 1 amide bonds. The predicted molar refractivity (Wildman–Crippen MR) is 74.7 cm³/mol. The van der Waals surface area contributed by atoms with Crippen LogP contribution in [0.25, 0.3) is 0 Å². The van der Waals surface area contributed by atoms with Gasteiger partial charge in [0, 0.05) is 32.2 Å². The van der Waals surface area contributed by atoms with Crippen LogP contribution in [0.1, 0.15) is 16.2 Å². The Bertz CT molecular complexity index is 637. The second-order valence-electron chi connectivity index (χ2n) is 4.95. The fourth-order valence-electron chi connectivity index (χ4n) is 2.36. The number of H-pyrrole nitrogens is 1. The highest BCUT2D eigenvalue weighted by molar-refractivity contribution is 5.92. The Hall–Kier alpha value is -2.41. The second kappa shape index (κ2) is 5.92. The number of amides is 1. The number of carbonyl (C=O) groups excluding carboxylic acids is 1. The lowest BCUT2D eigenvalue weighted by Crippen LogP contribution is -2.48. The summed E-state index contributed by atoms with van der Waals surface area (Å²) in [5, 5.41) is 6.06. The lowest BCUT2D eigenvalue weighted by atomic mass is 10.2. The van der Waals surface area contributed by atoms with E-state index < -0.39 is 0 Å². The van der Waals surface area contributed by atoms with Crippen LogP contribution >= 0.6 is 0 Å². The normalized spacial score (nSPS) is 16.1. The number of nitrogens with zero attached hydrogens (tertiary/aromatic N) is 3. The summed E-state index contributed by atoms with van der Waals surface area (Å²) in [4.78, 5) is 27.2. The van der Waals surface area contributed by atoms with Gasteiger partial charge in [0.25, 0.3) is 11.5 Å². The molecule has 0 radical (unpaired) electrons. The maximum atomic E-state index is 12.2. The van der Waals surface area contributed by atoms with Crippen molar-refractivity contribution in [3.05, 3.63) is 52.3 Å². The number of aromatic amines is 1. The van der Waals surface area contributed by atoms with Gasteiger partial charge in [0.15, 0.2) is 0 Å². The van der Waals surface area contributed by atoms with E-state index in [0.717, 1.165) is 25.4 Å². The van der Waals surface area contributed by atoms with Crippen molar-refractivity contribution in [2.75, 3.05) is 26.2 Å². The molecule has 3 heterocycles. The average molecular weight is 288 g/mol. The van der Waals surface area contributed by atoms with E-state index in [1.807, 2.05) is 12.1 Å². The molecule has 21 heavy (non-hydrogen) atoms. The number of furan rings is 1. The van der Waals surface area contributed by atoms with Gasteiger partial charge in [0.05, 0.1) is 12.8 Å². The first-order valence-electron chi connectivity index (χ1n) is 6.82. The second-order valence-corrected chi connectivity index (χ2v) is 4.95. The van der Waals surface area contributed by atoms with Crippen LogP contribution in [0.5, 0.6) is 0 Å². The van der Waals surface area contributed by atoms with E-state index >= 15 is 0 Å².